The molecule has 0 saturated carbocycles. The summed E-state index contributed by atoms with van der Waals surface area (Å²) in [6, 6.07) is 3.86. The van der Waals surface area contributed by atoms with Gasteiger partial charge in [-0.05, 0) is 18.2 Å². The van der Waals surface area contributed by atoms with Crippen molar-refractivity contribution in [1.29, 1.82) is 0 Å². The molecule has 4 amide bonds. The third-order valence-corrected chi connectivity index (χ3v) is 2.63. The Kier molecular flexibility index (Phi) is 2.88. The maximum Gasteiger partial charge on any atom is 0.312 e. The number of nitrogens with one attached hydrogen (secondary N) is 1. The van der Waals surface area contributed by atoms with Gasteiger partial charge in [0.05, 0.1) is 11.1 Å². The number of primary amides is 1. The van der Waals surface area contributed by atoms with Crippen LogP contribution in [0.5, 0.6) is 0 Å². The van der Waals surface area contributed by atoms with Gasteiger partial charge in [0.15, 0.2) is 0 Å². The molecule has 1 aliphatic rings. The number of anilines is 1. The van der Waals surface area contributed by atoms with Crippen LogP contribution in [0.15, 0.2) is 18.2 Å². The Bertz CT molecular complexity index is 541. The molecule has 0 bridgehead atoms. The molecule has 1 aromatic carbocycles. The molecule has 0 fully saturated rings. The van der Waals surface area contributed by atoms with Crippen LogP contribution in [0.3, 0.4) is 0 Å². The first-order chi connectivity index (χ1) is 8.50. The third kappa shape index (κ3) is 1.97. The highest BCUT2D eigenvalue weighted by Crippen LogP contribution is 2.24. The van der Waals surface area contributed by atoms with Gasteiger partial charge < -0.3 is 16.8 Å². The van der Waals surface area contributed by atoms with Gasteiger partial charge in [-0.15, -0.1) is 0 Å². The lowest BCUT2D eigenvalue weighted by Crippen LogP contribution is -2.39. The topological polar surface area (TPSA) is 119 Å². The van der Waals surface area contributed by atoms with Crippen LogP contribution in [0.25, 0.3) is 0 Å². The lowest BCUT2D eigenvalue weighted by atomic mass is 10.1. The largest absolute Gasteiger partial charge is 0.399 e. The maximum absolute atomic E-state index is 11.9. The highest BCUT2D eigenvalue weighted by atomic mass is 16.2. The van der Waals surface area contributed by atoms with E-state index in [0.717, 1.165) is 4.90 Å². The van der Waals surface area contributed by atoms with Crippen LogP contribution in [0.1, 0.15) is 20.7 Å². The fourth-order valence-electron chi connectivity index (χ4n) is 1.80. The van der Waals surface area contributed by atoms with Gasteiger partial charge in [0, 0.05) is 18.8 Å². The SMILES string of the molecule is NC(=O)NCCN1C(=O)c2ccc(N)cc2C1=O. The first-order valence-corrected chi connectivity index (χ1v) is 5.29. The minimum absolute atomic E-state index is 0.0786. The standard InChI is InChI=1S/C11H12N4O3/c12-6-1-2-7-8(5-6)10(17)15(9(7)16)4-3-14-11(13)18/h1-2,5H,3-4,12H2,(H3,13,14,18). The third-order valence-electron chi connectivity index (χ3n) is 2.63. The van der Waals surface area contributed by atoms with Crippen molar-refractivity contribution in [1.82, 2.24) is 10.2 Å². The number of hydrogen-bond acceptors (Lipinski definition) is 4. The van der Waals surface area contributed by atoms with Crippen molar-refractivity contribution in [3.63, 3.8) is 0 Å². The summed E-state index contributed by atoms with van der Waals surface area (Å²) in [6.45, 7) is 0.200. The van der Waals surface area contributed by atoms with Crippen molar-refractivity contribution in [2.75, 3.05) is 18.8 Å². The molecular formula is C11H12N4O3. The average molecular weight is 248 g/mol. The summed E-state index contributed by atoms with van der Waals surface area (Å²) in [4.78, 5) is 35.4. The number of urea groups is 1. The van der Waals surface area contributed by atoms with Crippen LogP contribution >= 0.6 is 0 Å². The van der Waals surface area contributed by atoms with Gasteiger partial charge in [0.1, 0.15) is 0 Å². The number of nitrogens with zero attached hydrogens (tertiary/aromatic N) is 1. The number of amides is 4. The van der Waals surface area contributed by atoms with Gasteiger partial charge in [-0.3, -0.25) is 14.5 Å². The Morgan fingerprint density at radius 1 is 1.22 bits per heavy atom. The molecule has 0 unspecified atom stereocenters. The first-order valence-electron chi connectivity index (χ1n) is 5.29. The first kappa shape index (κ1) is 11.9. The van der Waals surface area contributed by atoms with Crippen LogP contribution in [0.4, 0.5) is 10.5 Å². The summed E-state index contributed by atoms with van der Waals surface area (Å²) in [5.74, 6) is -0.796. The zero-order chi connectivity index (χ0) is 13.3. The summed E-state index contributed by atoms with van der Waals surface area (Å²) in [6.07, 6.45) is 0. The van der Waals surface area contributed by atoms with Crippen LogP contribution in [0.2, 0.25) is 0 Å². The van der Waals surface area contributed by atoms with Gasteiger partial charge in [0.25, 0.3) is 11.8 Å². The lowest BCUT2D eigenvalue weighted by Gasteiger charge is -2.13. The maximum atomic E-state index is 11.9. The van der Waals surface area contributed by atoms with Gasteiger partial charge in [-0.1, -0.05) is 0 Å². The Morgan fingerprint density at radius 3 is 2.56 bits per heavy atom. The number of rotatable bonds is 3. The van der Waals surface area contributed by atoms with Gasteiger partial charge in [-0.2, -0.15) is 0 Å². The summed E-state index contributed by atoms with van der Waals surface area (Å²) >= 11 is 0. The van der Waals surface area contributed by atoms with Crippen LogP contribution < -0.4 is 16.8 Å². The minimum atomic E-state index is -0.698. The fraction of sp³-hybridized carbons (Fsp3) is 0.182. The van der Waals surface area contributed by atoms with Crippen molar-refractivity contribution in [3.8, 4) is 0 Å². The minimum Gasteiger partial charge on any atom is -0.399 e. The molecule has 7 nitrogen and oxygen atoms in total. The monoisotopic (exact) mass is 248 g/mol. The van der Waals surface area contributed by atoms with Crippen LogP contribution in [-0.4, -0.2) is 35.8 Å². The van der Waals surface area contributed by atoms with E-state index >= 15 is 0 Å². The Labute approximate surface area is 103 Å². The molecule has 18 heavy (non-hydrogen) atoms. The lowest BCUT2D eigenvalue weighted by molar-refractivity contribution is 0.0656. The van der Waals surface area contributed by atoms with Gasteiger partial charge >= 0.3 is 6.03 Å². The van der Waals surface area contributed by atoms with Crippen molar-refractivity contribution < 1.29 is 14.4 Å². The molecule has 1 heterocycles. The molecule has 1 aromatic rings. The Hall–Kier alpha value is -2.57. The zero-order valence-electron chi connectivity index (χ0n) is 9.47. The van der Waals surface area contributed by atoms with Crippen molar-refractivity contribution in [3.05, 3.63) is 29.3 Å². The van der Waals surface area contributed by atoms with E-state index in [1.807, 2.05) is 0 Å². The van der Waals surface area contributed by atoms with E-state index in [-0.39, 0.29) is 19.0 Å². The van der Waals surface area contributed by atoms with E-state index in [2.05, 4.69) is 5.32 Å². The highest BCUT2D eigenvalue weighted by molar-refractivity contribution is 6.21. The summed E-state index contributed by atoms with van der Waals surface area (Å²) < 4.78 is 0. The van der Waals surface area contributed by atoms with E-state index < -0.39 is 11.9 Å². The van der Waals surface area contributed by atoms with Crippen molar-refractivity contribution in [2.24, 2.45) is 5.73 Å². The second-order valence-corrected chi connectivity index (χ2v) is 3.86. The molecule has 0 spiro atoms. The second kappa shape index (κ2) is 4.36. The number of carbonyl (C=O) groups is 3. The smallest absolute Gasteiger partial charge is 0.312 e. The van der Waals surface area contributed by atoms with Crippen LogP contribution in [0, 0.1) is 0 Å². The Morgan fingerprint density at radius 2 is 1.89 bits per heavy atom. The molecular weight excluding hydrogens is 236 g/mol. The summed E-state index contributed by atoms with van der Waals surface area (Å²) in [5, 5.41) is 2.32. The van der Waals surface area contributed by atoms with E-state index in [9.17, 15) is 14.4 Å². The van der Waals surface area contributed by atoms with E-state index in [1.165, 1.54) is 12.1 Å². The summed E-state index contributed by atoms with van der Waals surface area (Å²) in [7, 11) is 0. The molecule has 0 aromatic heterocycles. The number of imide groups is 1. The number of fused-ring (bicyclic) bond motifs is 1. The second-order valence-electron chi connectivity index (χ2n) is 3.86. The van der Waals surface area contributed by atoms with Gasteiger partial charge in [-0.25, -0.2) is 4.79 Å². The molecule has 0 radical (unpaired) electrons. The molecule has 2 rings (SSSR count). The average Bonchev–Trinajstić information content (AvgIpc) is 2.53. The Balaban J connectivity index is 2.15. The zero-order valence-corrected chi connectivity index (χ0v) is 9.47. The quantitative estimate of drug-likeness (QED) is 0.495. The van der Waals surface area contributed by atoms with Crippen molar-refractivity contribution >= 4 is 23.5 Å². The van der Waals surface area contributed by atoms with E-state index in [1.54, 1.807) is 6.07 Å². The van der Waals surface area contributed by atoms with Crippen molar-refractivity contribution in [2.45, 2.75) is 0 Å². The number of hydrogen-bond donors (Lipinski definition) is 3. The van der Waals surface area contributed by atoms with E-state index in [4.69, 9.17) is 11.5 Å². The molecule has 0 aliphatic carbocycles. The molecule has 0 atom stereocenters. The highest BCUT2D eigenvalue weighted by Gasteiger charge is 2.35. The van der Waals surface area contributed by atoms with Crippen LogP contribution in [-0.2, 0) is 0 Å². The van der Waals surface area contributed by atoms with E-state index in [0.29, 0.717) is 16.8 Å². The normalized spacial score (nSPS) is 13.7. The molecule has 1 aliphatic heterocycles. The number of nitrogen functional groups attached to an aromatic ring is 1. The summed E-state index contributed by atoms with van der Waals surface area (Å²) in [5.41, 5.74) is 11.5. The molecule has 7 heteroatoms. The molecule has 5 N–H and O–H groups in total. The number of carbonyl (C=O) groups excluding carboxylic acids is 3. The number of nitrogens with two attached hydrogens (primary N) is 2. The number of benzene rings is 1. The van der Waals surface area contributed by atoms with Gasteiger partial charge in [0.2, 0.25) is 0 Å². The predicted octanol–water partition coefficient (Wildman–Crippen LogP) is -0.467. The molecule has 94 valence electrons. The fourth-order valence-corrected chi connectivity index (χ4v) is 1.80. The predicted molar refractivity (Wildman–Crippen MR) is 63.8 cm³/mol. The molecule has 0 saturated heterocycles.